The molecule has 0 aliphatic carbocycles. The zero-order valence-electron chi connectivity index (χ0n) is 9.85. The van der Waals surface area contributed by atoms with E-state index < -0.39 is 17.7 Å². The van der Waals surface area contributed by atoms with Crippen LogP contribution in [0.2, 0.25) is 0 Å². The van der Waals surface area contributed by atoms with Crippen molar-refractivity contribution in [2.24, 2.45) is 0 Å². The number of halogens is 1. The summed E-state index contributed by atoms with van der Waals surface area (Å²) in [6, 6.07) is 19.6. The van der Waals surface area contributed by atoms with Gasteiger partial charge in [-0.3, -0.25) is 4.79 Å². The molecule has 0 fully saturated rings. The van der Waals surface area contributed by atoms with Crippen LogP contribution < -0.4 is 0 Å². The van der Waals surface area contributed by atoms with Gasteiger partial charge in [-0.15, -0.1) is 0 Å². The Hall–Kier alpha value is -2.16. The lowest BCUT2D eigenvalue weighted by atomic mass is 10.0. The average Bonchev–Trinajstić information content (AvgIpc) is 2.41. The van der Waals surface area contributed by atoms with E-state index in [1.54, 1.807) is 0 Å². The van der Waals surface area contributed by atoms with Crippen LogP contribution in [0.5, 0.6) is 0 Å². The average molecular weight is 243 g/mol. The Bertz CT molecular complexity index is 456. The molecule has 2 aromatic rings. The Labute approximate surface area is 106 Å². The lowest BCUT2D eigenvalue weighted by molar-refractivity contribution is -0.138. The van der Waals surface area contributed by atoms with Crippen LogP contribution in [0.25, 0.3) is 0 Å². The van der Waals surface area contributed by atoms with Gasteiger partial charge in [-0.25, -0.2) is 4.39 Å². The van der Waals surface area contributed by atoms with Gasteiger partial charge in [0.15, 0.2) is 0 Å². The first-order valence-corrected chi connectivity index (χ1v) is 5.33. The highest BCUT2D eigenvalue weighted by Crippen LogP contribution is 2.17. The SMILES string of the molecule is CC(C(=O)O)c1cc[c]cc1F.[c]1cc[c]cc1. The number of aliphatic carboxylic acids is 1. The predicted octanol–water partition coefficient (Wildman–Crippen LogP) is 3.10. The summed E-state index contributed by atoms with van der Waals surface area (Å²) in [5.41, 5.74) is 0.196. The third kappa shape index (κ3) is 4.37. The van der Waals surface area contributed by atoms with E-state index in [-0.39, 0.29) is 5.56 Å². The Morgan fingerprint density at radius 1 is 1.17 bits per heavy atom. The van der Waals surface area contributed by atoms with Gasteiger partial charge < -0.3 is 5.11 Å². The minimum absolute atomic E-state index is 0.196. The van der Waals surface area contributed by atoms with Gasteiger partial charge in [-0.05, 0) is 31.2 Å². The van der Waals surface area contributed by atoms with Crippen LogP contribution in [0.4, 0.5) is 4.39 Å². The highest BCUT2D eigenvalue weighted by Gasteiger charge is 2.16. The topological polar surface area (TPSA) is 37.3 Å². The fourth-order valence-corrected chi connectivity index (χ4v) is 1.21. The molecule has 2 rings (SSSR count). The molecular formula is C15H12FO2. The van der Waals surface area contributed by atoms with E-state index >= 15 is 0 Å². The molecule has 3 radical (unpaired) electrons. The molecule has 3 heteroatoms. The fourth-order valence-electron chi connectivity index (χ4n) is 1.21. The van der Waals surface area contributed by atoms with Crippen molar-refractivity contribution in [3.63, 3.8) is 0 Å². The highest BCUT2D eigenvalue weighted by atomic mass is 19.1. The van der Waals surface area contributed by atoms with E-state index in [1.165, 1.54) is 19.1 Å². The Kier molecular flexibility index (Phi) is 5.58. The number of hydrogen-bond acceptors (Lipinski definition) is 1. The normalized spacial score (nSPS) is 11.0. The van der Waals surface area contributed by atoms with E-state index in [2.05, 4.69) is 18.2 Å². The number of carboxylic acid groups (broad SMARTS) is 1. The van der Waals surface area contributed by atoms with Crippen LogP contribution in [0.15, 0.2) is 42.5 Å². The molecule has 91 valence electrons. The Morgan fingerprint density at radius 2 is 1.72 bits per heavy atom. The van der Waals surface area contributed by atoms with Gasteiger partial charge in [0, 0.05) is 5.56 Å². The molecule has 1 unspecified atom stereocenters. The van der Waals surface area contributed by atoms with Crippen molar-refractivity contribution >= 4 is 5.97 Å². The zero-order valence-corrected chi connectivity index (χ0v) is 9.85. The second-order valence-electron chi connectivity index (χ2n) is 3.51. The molecule has 0 saturated carbocycles. The minimum Gasteiger partial charge on any atom is -0.481 e. The maximum absolute atomic E-state index is 12.9. The highest BCUT2D eigenvalue weighted by molar-refractivity contribution is 5.75. The van der Waals surface area contributed by atoms with Crippen molar-refractivity contribution in [1.82, 2.24) is 0 Å². The van der Waals surface area contributed by atoms with Crippen molar-refractivity contribution in [3.05, 3.63) is 72.0 Å². The van der Waals surface area contributed by atoms with Gasteiger partial charge in [0.1, 0.15) is 5.82 Å². The summed E-state index contributed by atoms with van der Waals surface area (Å²) in [5.74, 6) is -2.35. The standard InChI is InChI=1S/C9H8FO2.C6H4/c1-6(9(11)12)7-4-2-3-5-8(7)10;1-2-4-6-5-3-1/h2,4-6H,1H3,(H,11,12);1-2,5-6H. The third-order valence-corrected chi connectivity index (χ3v) is 2.23. The summed E-state index contributed by atoms with van der Waals surface area (Å²) in [6.07, 6.45) is 0. The van der Waals surface area contributed by atoms with Crippen LogP contribution in [-0.2, 0) is 4.79 Å². The van der Waals surface area contributed by atoms with Crippen molar-refractivity contribution in [2.45, 2.75) is 12.8 Å². The Balaban J connectivity index is 0.000000225. The molecule has 0 aliphatic heterocycles. The van der Waals surface area contributed by atoms with E-state index in [0.717, 1.165) is 6.07 Å². The molecule has 2 aromatic carbocycles. The number of hydrogen-bond donors (Lipinski definition) is 1. The van der Waals surface area contributed by atoms with Gasteiger partial charge in [0.05, 0.1) is 5.92 Å². The first-order valence-electron chi connectivity index (χ1n) is 5.33. The van der Waals surface area contributed by atoms with Crippen LogP contribution in [0.3, 0.4) is 0 Å². The Morgan fingerprint density at radius 3 is 2.11 bits per heavy atom. The van der Waals surface area contributed by atoms with Gasteiger partial charge in [0.2, 0.25) is 0 Å². The van der Waals surface area contributed by atoms with Crippen LogP contribution in [0.1, 0.15) is 18.4 Å². The number of carbonyl (C=O) groups is 1. The second kappa shape index (κ2) is 7.22. The quantitative estimate of drug-likeness (QED) is 0.880. The first kappa shape index (κ1) is 13.9. The molecule has 0 heterocycles. The third-order valence-electron chi connectivity index (χ3n) is 2.23. The summed E-state index contributed by atoms with van der Waals surface area (Å²) in [6.45, 7) is 1.45. The van der Waals surface area contributed by atoms with E-state index in [0.29, 0.717) is 0 Å². The molecule has 2 nitrogen and oxygen atoms in total. The van der Waals surface area contributed by atoms with E-state index in [1.807, 2.05) is 24.3 Å². The monoisotopic (exact) mass is 243 g/mol. The maximum atomic E-state index is 12.9. The molecule has 0 bridgehead atoms. The number of carboxylic acids is 1. The summed E-state index contributed by atoms with van der Waals surface area (Å²) < 4.78 is 12.9. The first-order chi connectivity index (χ1) is 8.63. The molecular weight excluding hydrogens is 231 g/mol. The molecule has 1 N–H and O–H groups in total. The zero-order chi connectivity index (χ0) is 13.4. The summed E-state index contributed by atoms with van der Waals surface area (Å²) in [5, 5.41) is 8.58. The molecule has 18 heavy (non-hydrogen) atoms. The van der Waals surface area contributed by atoms with Crippen molar-refractivity contribution in [3.8, 4) is 0 Å². The lowest BCUT2D eigenvalue weighted by Gasteiger charge is -2.06. The van der Waals surface area contributed by atoms with Gasteiger partial charge >= 0.3 is 5.97 Å². The molecule has 0 aliphatic rings. The molecule has 0 spiro atoms. The molecule has 1 atom stereocenters. The predicted molar refractivity (Wildman–Crippen MR) is 65.4 cm³/mol. The van der Waals surface area contributed by atoms with Crippen molar-refractivity contribution < 1.29 is 14.3 Å². The number of benzene rings is 2. The summed E-state index contributed by atoms with van der Waals surface area (Å²) in [7, 11) is 0. The van der Waals surface area contributed by atoms with Crippen LogP contribution >= 0.6 is 0 Å². The fraction of sp³-hybridized carbons (Fsp3) is 0.133. The van der Waals surface area contributed by atoms with E-state index in [9.17, 15) is 9.18 Å². The number of rotatable bonds is 2. The second-order valence-corrected chi connectivity index (χ2v) is 3.51. The van der Waals surface area contributed by atoms with Crippen molar-refractivity contribution in [1.29, 1.82) is 0 Å². The smallest absolute Gasteiger partial charge is 0.310 e. The summed E-state index contributed by atoms with van der Waals surface area (Å²) >= 11 is 0. The summed E-state index contributed by atoms with van der Waals surface area (Å²) in [4.78, 5) is 10.5. The molecule has 0 saturated heterocycles. The molecule has 0 amide bonds. The van der Waals surface area contributed by atoms with Gasteiger partial charge in [-0.2, -0.15) is 0 Å². The van der Waals surface area contributed by atoms with Crippen LogP contribution in [-0.4, -0.2) is 11.1 Å². The maximum Gasteiger partial charge on any atom is 0.310 e. The van der Waals surface area contributed by atoms with Gasteiger partial charge in [-0.1, -0.05) is 36.4 Å². The van der Waals surface area contributed by atoms with Gasteiger partial charge in [0.25, 0.3) is 0 Å². The van der Waals surface area contributed by atoms with E-state index in [4.69, 9.17) is 5.11 Å². The van der Waals surface area contributed by atoms with Crippen molar-refractivity contribution in [2.75, 3.05) is 0 Å². The largest absolute Gasteiger partial charge is 0.481 e. The lowest BCUT2D eigenvalue weighted by Crippen LogP contribution is -2.08. The molecule has 0 aromatic heterocycles. The minimum atomic E-state index is -1.03. The van der Waals surface area contributed by atoms with Crippen LogP contribution in [0, 0.1) is 24.0 Å².